The second-order valence-electron chi connectivity index (χ2n) is 5.41. The van der Waals surface area contributed by atoms with Gasteiger partial charge in [-0.05, 0) is 50.7 Å². The summed E-state index contributed by atoms with van der Waals surface area (Å²) in [7, 11) is 3.95. The molecular formula is C15H23N3O2. The summed E-state index contributed by atoms with van der Waals surface area (Å²) in [5.41, 5.74) is 6.29. The molecule has 1 heterocycles. The first-order valence-electron chi connectivity index (χ1n) is 6.99. The number of anilines is 1. The third kappa shape index (κ3) is 3.87. The standard InChI is InChI=1S/C15H23N3O2/c1-17-9-3-4-13(17)10-18(2)15(19)11-20-14-7-5-12(16)6-8-14/h5-8,13H,3-4,9-11,16H2,1-2H3. The Kier molecular flexibility index (Phi) is 4.84. The summed E-state index contributed by atoms with van der Waals surface area (Å²) in [6, 6.07) is 7.54. The molecule has 1 aromatic carbocycles. The fourth-order valence-electron chi connectivity index (χ4n) is 2.45. The summed E-state index contributed by atoms with van der Waals surface area (Å²) < 4.78 is 5.47. The van der Waals surface area contributed by atoms with E-state index in [2.05, 4.69) is 11.9 Å². The number of likely N-dealkylation sites (tertiary alicyclic amines) is 1. The Balaban J connectivity index is 1.77. The van der Waals surface area contributed by atoms with Crippen LogP contribution in [0.4, 0.5) is 5.69 Å². The second kappa shape index (κ2) is 6.61. The Morgan fingerprint density at radius 1 is 1.45 bits per heavy atom. The molecule has 1 fully saturated rings. The monoisotopic (exact) mass is 277 g/mol. The molecule has 0 bridgehead atoms. The normalized spacial score (nSPS) is 19.0. The molecule has 0 radical (unpaired) electrons. The van der Waals surface area contributed by atoms with Gasteiger partial charge in [-0.2, -0.15) is 0 Å². The van der Waals surface area contributed by atoms with Gasteiger partial charge in [0.05, 0.1) is 0 Å². The third-order valence-corrected chi connectivity index (χ3v) is 3.82. The Labute approximate surface area is 120 Å². The number of nitrogens with zero attached hydrogens (tertiary/aromatic N) is 2. The predicted octanol–water partition coefficient (Wildman–Crippen LogP) is 1.20. The Morgan fingerprint density at radius 3 is 2.75 bits per heavy atom. The van der Waals surface area contributed by atoms with Gasteiger partial charge in [0.1, 0.15) is 5.75 Å². The van der Waals surface area contributed by atoms with Crippen LogP contribution in [0.2, 0.25) is 0 Å². The largest absolute Gasteiger partial charge is 0.484 e. The summed E-state index contributed by atoms with van der Waals surface area (Å²) in [4.78, 5) is 16.1. The van der Waals surface area contributed by atoms with Crippen molar-refractivity contribution in [3.05, 3.63) is 24.3 Å². The predicted molar refractivity (Wildman–Crippen MR) is 79.6 cm³/mol. The molecule has 2 N–H and O–H groups in total. The molecule has 110 valence electrons. The third-order valence-electron chi connectivity index (χ3n) is 3.82. The van der Waals surface area contributed by atoms with Crippen LogP contribution in [0.5, 0.6) is 5.75 Å². The first kappa shape index (κ1) is 14.7. The van der Waals surface area contributed by atoms with E-state index in [0.29, 0.717) is 17.5 Å². The number of hydrogen-bond acceptors (Lipinski definition) is 4. The minimum Gasteiger partial charge on any atom is -0.484 e. The van der Waals surface area contributed by atoms with Crippen LogP contribution in [0.25, 0.3) is 0 Å². The van der Waals surface area contributed by atoms with Crippen molar-refractivity contribution >= 4 is 11.6 Å². The van der Waals surface area contributed by atoms with Crippen molar-refractivity contribution in [3.63, 3.8) is 0 Å². The molecule has 0 saturated carbocycles. The lowest BCUT2D eigenvalue weighted by molar-refractivity contribution is -0.132. The van der Waals surface area contributed by atoms with Crippen LogP contribution in [0, 0.1) is 0 Å². The maximum atomic E-state index is 12.0. The van der Waals surface area contributed by atoms with Crippen molar-refractivity contribution in [1.82, 2.24) is 9.80 Å². The fourth-order valence-corrected chi connectivity index (χ4v) is 2.45. The maximum Gasteiger partial charge on any atom is 0.260 e. The molecule has 1 aliphatic rings. The van der Waals surface area contributed by atoms with Crippen LogP contribution >= 0.6 is 0 Å². The van der Waals surface area contributed by atoms with E-state index in [1.165, 1.54) is 6.42 Å². The summed E-state index contributed by atoms with van der Waals surface area (Å²) in [6.07, 6.45) is 2.37. The van der Waals surface area contributed by atoms with Crippen LogP contribution in [-0.2, 0) is 4.79 Å². The Bertz CT molecular complexity index is 447. The molecule has 5 nitrogen and oxygen atoms in total. The Morgan fingerprint density at radius 2 is 2.15 bits per heavy atom. The minimum atomic E-state index is 0.00197. The number of likely N-dealkylation sites (N-methyl/N-ethyl adjacent to an activating group) is 2. The van der Waals surface area contributed by atoms with E-state index in [-0.39, 0.29) is 12.5 Å². The van der Waals surface area contributed by atoms with E-state index in [1.807, 2.05) is 7.05 Å². The van der Waals surface area contributed by atoms with Gasteiger partial charge in [-0.3, -0.25) is 4.79 Å². The molecule has 1 amide bonds. The molecule has 1 atom stereocenters. The summed E-state index contributed by atoms with van der Waals surface area (Å²) >= 11 is 0. The second-order valence-corrected chi connectivity index (χ2v) is 5.41. The zero-order valence-corrected chi connectivity index (χ0v) is 12.2. The first-order valence-corrected chi connectivity index (χ1v) is 6.99. The average molecular weight is 277 g/mol. The highest BCUT2D eigenvalue weighted by atomic mass is 16.5. The summed E-state index contributed by atoms with van der Waals surface area (Å²) in [5.74, 6) is 0.668. The first-order chi connectivity index (χ1) is 9.56. The lowest BCUT2D eigenvalue weighted by Crippen LogP contribution is -2.41. The number of carbonyl (C=O) groups excluding carboxylic acids is 1. The van der Waals surface area contributed by atoms with Gasteiger partial charge in [-0.1, -0.05) is 0 Å². The SMILES string of the molecule is CN(CC1CCCN1C)C(=O)COc1ccc(N)cc1. The van der Waals surface area contributed by atoms with Crippen molar-refractivity contribution in [3.8, 4) is 5.75 Å². The van der Waals surface area contributed by atoms with Gasteiger partial charge in [0.15, 0.2) is 6.61 Å². The number of ether oxygens (including phenoxy) is 1. The molecule has 1 unspecified atom stereocenters. The van der Waals surface area contributed by atoms with Gasteiger partial charge in [0, 0.05) is 25.3 Å². The summed E-state index contributed by atoms with van der Waals surface area (Å²) in [5, 5.41) is 0. The minimum absolute atomic E-state index is 0.00197. The van der Waals surface area contributed by atoms with E-state index < -0.39 is 0 Å². The smallest absolute Gasteiger partial charge is 0.260 e. The molecule has 0 aliphatic carbocycles. The molecule has 0 aromatic heterocycles. The number of amides is 1. The van der Waals surface area contributed by atoms with Gasteiger partial charge < -0.3 is 20.3 Å². The summed E-state index contributed by atoms with van der Waals surface area (Å²) in [6.45, 7) is 1.95. The molecule has 0 spiro atoms. The van der Waals surface area contributed by atoms with Crippen LogP contribution < -0.4 is 10.5 Å². The molecule has 1 aromatic rings. The quantitative estimate of drug-likeness (QED) is 0.822. The van der Waals surface area contributed by atoms with Crippen molar-refractivity contribution in [1.29, 1.82) is 0 Å². The molecule has 1 saturated heterocycles. The van der Waals surface area contributed by atoms with Crippen LogP contribution in [-0.4, -0.2) is 55.5 Å². The molecule has 5 heteroatoms. The van der Waals surface area contributed by atoms with Crippen LogP contribution in [0.15, 0.2) is 24.3 Å². The van der Waals surface area contributed by atoms with Gasteiger partial charge in [-0.25, -0.2) is 0 Å². The fraction of sp³-hybridized carbons (Fsp3) is 0.533. The van der Waals surface area contributed by atoms with Gasteiger partial charge >= 0.3 is 0 Å². The van der Waals surface area contributed by atoms with Gasteiger partial charge in [0.25, 0.3) is 5.91 Å². The van der Waals surface area contributed by atoms with Crippen molar-refractivity contribution in [2.45, 2.75) is 18.9 Å². The number of hydrogen-bond donors (Lipinski definition) is 1. The van der Waals surface area contributed by atoms with Gasteiger partial charge in [0.2, 0.25) is 0 Å². The maximum absolute atomic E-state index is 12.0. The zero-order chi connectivity index (χ0) is 14.5. The lowest BCUT2D eigenvalue weighted by atomic mass is 10.2. The van der Waals surface area contributed by atoms with E-state index in [0.717, 1.165) is 19.5 Å². The number of nitrogens with two attached hydrogens (primary N) is 1. The van der Waals surface area contributed by atoms with E-state index in [9.17, 15) is 4.79 Å². The highest BCUT2D eigenvalue weighted by Crippen LogP contribution is 2.16. The number of carbonyl (C=O) groups is 1. The molecule has 2 rings (SSSR count). The van der Waals surface area contributed by atoms with E-state index in [1.54, 1.807) is 29.2 Å². The lowest BCUT2D eigenvalue weighted by Gasteiger charge is -2.25. The highest BCUT2D eigenvalue weighted by molar-refractivity contribution is 5.77. The number of benzene rings is 1. The van der Waals surface area contributed by atoms with Crippen LogP contribution in [0.3, 0.4) is 0 Å². The van der Waals surface area contributed by atoms with E-state index >= 15 is 0 Å². The number of nitrogen functional groups attached to an aromatic ring is 1. The van der Waals surface area contributed by atoms with Crippen LogP contribution in [0.1, 0.15) is 12.8 Å². The van der Waals surface area contributed by atoms with Crippen molar-refractivity contribution in [2.75, 3.05) is 39.5 Å². The average Bonchev–Trinajstić information content (AvgIpc) is 2.83. The highest BCUT2D eigenvalue weighted by Gasteiger charge is 2.23. The van der Waals surface area contributed by atoms with Crippen molar-refractivity contribution < 1.29 is 9.53 Å². The molecular weight excluding hydrogens is 254 g/mol. The topological polar surface area (TPSA) is 58.8 Å². The Hall–Kier alpha value is -1.75. The zero-order valence-electron chi connectivity index (χ0n) is 12.2. The van der Waals surface area contributed by atoms with Crippen molar-refractivity contribution in [2.24, 2.45) is 0 Å². The molecule has 1 aliphatic heterocycles. The molecule has 20 heavy (non-hydrogen) atoms. The van der Waals surface area contributed by atoms with Gasteiger partial charge in [-0.15, -0.1) is 0 Å². The van der Waals surface area contributed by atoms with E-state index in [4.69, 9.17) is 10.5 Å². The number of rotatable bonds is 5.